The third-order valence-electron chi connectivity index (χ3n) is 3.61. The molecule has 1 fully saturated rings. The zero-order chi connectivity index (χ0) is 16.3. The van der Waals surface area contributed by atoms with Crippen molar-refractivity contribution in [3.05, 3.63) is 48.2 Å². The van der Waals surface area contributed by atoms with Crippen LogP contribution < -0.4 is 10.6 Å². The van der Waals surface area contributed by atoms with E-state index in [1.807, 2.05) is 6.07 Å². The van der Waals surface area contributed by atoms with Crippen molar-refractivity contribution < 1.29 is 17.6 Å². The predicted molar refractivity (Wildman–Crippen MR) is 84.8 cm³/mol. The molecule has 1 saturated heterocycles. The van der Waals surface area contributed by atoms with Gasteiger partial charge in [-0.15, -0.1) is 0 Å². The molecule has 0 aliphatic carbocycles. The topological polar surface area (TPSA) is 101 Å². The van der Waals surface area contributed by atoms with Gasteiger partial charge in [-0.05, 0) is 24.6 Å². The summed E-state index contributed by atoms with van der Waals surface area (Å²) in [6.07, 6.45) is 5.11. The molecule has 122 valence electrons. The summed E-state index contributed by atoms with van der Waals surface area (Å²) >= 11 is 0. The van der Waals surface area contributed by atoms with Crippen LogP contribution in [0.4, 0.5) is 5.69 Å². The molecule has 0 spiro atoms. The van der Waals surface area contributed by atoms with E-state index in [0.29, 0.717) is 24.2 Å². The van der Waals surface area contributed by atoms with Crippen LogP contribution in [0, 0.1) is 0 Å². The monoisotopic (exact) mass is 335 g/mol. The number of aromatic nitrogens is 1. The number of rotatable bonds is 5. The summed E-state index contributed by atoms with van der Waals surface area (Å²) in [7, 11) is -3.02. The number of pyridine rings is 1. The van der Waals surface area contributed by atoms with Crippen LogP contribution in [0.15, 0.2) is 41.3 Å². The fourth-order valence-corrected chi connectivity index (χ4v) is 4.11. The first-order chi connectivity index (χ1) is 11.0. The number of anilines is 1. The van der Waals surface area contributed by atoms with Gasteiger partial charge < -0.3 is 15.1 Å². The van der Waals surface area contributed by atoms with Crippen LogP contribution in [0.2, 0.25) is 0 Å². The number of hydrogen-bond acceptors (Lipinski definition) is 6. The Morgan fingerprint density at radius 3 is 2.96 bits per heavy atom. The molecule has 2 N–H and O–H groups in total. The van der Waals surface area contributed by atoms with Crippen LogP contribution in [0.3, 0.4) is 0 Å². The van der Waals surface area contributed by atoms with Gasteiger partial charge in [-0.25, -0.2) is 8.42 Å². The molecule has 2 aromatic heterocycles. The van der Waals surface area contributed by atoms with Gasteiger partial charge in [-0.2, -0.15) is 0 Å². The Balaban J connectivity index is 1.61. The summed E-state index contributed by atoms with van der Waals surface area (Å²) in [6, 6.07) is 4.99. The Morgan fingerprint density at radius 2 is 2.26 bits per heavy atom. The molecule has 3 heterocycles. The molecule has 8 heteroatoms. The maximum atomic E-state index is 12.2. The molecule has 0 aromatic carbocycles. The molecule has 23 heavy (non-hydrogen) atoms. The third kappa shape index (κ3) is 4.10. The second-order valence-corrected chi connectivity index (χ2v) is 7.70. The van der Waals surface area contributed by atoms with Gasteiger partial charge in [0, 0.05) is 18.4 Å². The van der Waals surface area contributed by atoms with Crippen LogP contribution in [0.1, 0.15) is 22.5 Å². The first-order valence-electron chi connectivity index (χ1n) is 7.24. The van der Waals surface area contributed by atoms with Gasteiger partial charge in [0.15, 0.2) is 9.84 Å². The number of furan rings is 1. The first kappa shape index (κ1) is 15.5. The highest BCUT2D eigenvalue weighted by Gasteiger charge is 2.29. The number of sulfone groups is 1. The lowest BCUT2D eigenvalue weighted by Crippen LogP contribution is -2.35. The van der Waals surface area contributed by atoms with Crippen LogP contribution in [0.5, 0.6) is 0 Å². The van der Waals surface area contributed by atoms with E-state index >= 15 is 0 Å². The second kappa shape index (κ2) is 6.41. The SMILES string of the molecule is O=C(NC1CCS(=O)(=O)C1)c1cncc(NCc2ccco2)c1. The van der Waals surface area contributed by atoms with Crippen molar-refractivity contribution in [1.29, 1.82) is 0 Å². The number of carbonyl (C=O) groups is 1. The highest BCUT2D eigenvalue weighted by Crippen LogP contribution is 2.14. The molecule has 1 amide bonds. The predicted octanol–water partition coefficient (Wildman–Crippen LogP) is 1.20. The van der Waals surface area contributed by atoms with Crippen LogP contribution in [-0.2, 0) is 16.4 Å². The average Bonchev–Trinajstić information content (AvgIpc) is 3.15. The lowest BCUT2D eigenvalue weighted by molar-refractivity contribution is 0.0941. The molecule has 1 unspecified atom stereocenters. The van der Waals surface area contributed by atoms with E-state index < -0.39 is 9.84 Å². The average molecular weight is 335 g/mol. The zero-order valence-corrected chi connectivity index (χ0v) is 13.2. The summed E-state index contributed by atoms with van der Waals surface area (Å²) < 4.78 is 28.1. The van der Waals surface area contributed by atoms with E-state index in [0.717, 1.165) is 5.76 Å². The molecule has 2 aromatic rings. The van der Waals surface area contributed by atoms with E-state index in [1.54, 1.807) is 24.6 Å². The van der Waals surface area contributed by atoms with Crippen LogP contribution >= 0.6 is 0 Å². The minimum atomic E-state index is -3.02. The van der Waals surface area contributed by atoms with E-state index in [4.69, 9.17) is 4.42 Å². The van der Waals surface area contributed by atoms with Gasteiger partial charge >= 0.3 is 0 Å². The van der Waals surface area contributed by atoms with Gasteiger partial charge in [0.05, 0.1) is 35.6 Å². The lowest BCUT2D eigenvalue weighted by Gasteiger charge is -2.11. The molecule has 1 aliphatic rings. The molecule has 7 nitrogen and oxygen atoms in total. The Morgan fingerprint density at radius 1 is 1.39 bits per heavy atom. The quantitative estimate of drug-likeness (QED) is 0.851. The van der Waals surface area contributed by atoms with Crippen LogP contribution in [-0.4, -0.2) is 36.9 Å². The van der Waals surface area contributed by atoms with E-state index in [1.165, 1.54) is 6.20 Å². The summed E-state index contributed by atoms with van der Waals surface area (Å²) in [6.45, 7) is 0.487. The van der Waals surface area contributed by atoms with E-state index in [9.17, 15) is 13.2 Å². The molecule has 1 atom stereocenters. The Kier molecular flexibility index (Phi) is 4.33. The first-order valence-corrected chi connectivity index (χ1v) is 9.06. The second-order valence-electron chi connectivity index (χ2n) is 5.47. The summed E-state index contributed by atoms with van der Waals surface area (Å²) in [5.74, 6) is 0.584. The molecular weight excluding hydrogens is 318 g/mol. The number of carbonyl (C=O) groups excluding carboxylic acids is 1. The largest absolute Gasteiger partial charge is 0.467 e. The zero-order valence-electron chi connectivity index (χ0n) is 12.4. The van der Waals surface area contributed by atoms with Crippen molar-refractivity contribution in [2.75, 3.05) is 16.8 Å². The summed E-state index contributed by atoms with van der Waals surface area (Å²) in [5, 5.41) is 5.86. The molecule has 1 aliphatic heterocycles. The van der Waals surface area contributed by atoms with Gasteiger partial charge in [-0.1, -0.05) is 0 Å². The van der Waals surface area contributed by atoms with Crippen molar-refractivity contribution in [3.8, 4) is 0 Å². The number of nitrogens with one attached hydrogen (secondary N) is 2. The normalized spacial score (nSPS) is 19.4. The lowest BCUT2D eigenvalue weighted by atomic mass is 10.2. The molecule has 0 saturated carbocycles. The molecular formula is C15H17N3O4S. The number of hydrogen-bond donors (Lipinski definition) is 2. The highest BCUT2D eigenvalue weighted by atomic mass is 32.2. The number of nitrogens with zero attached hydrogens (tertiary/aromatic N) is 1. The van der Waals surface area contributed by atoms with Crippen molar-refractivity contribution in [2.24, 2.45) is 0 Å². The maximum Gasteiger partial charge on any atom is 0.253 e. The van der Waals surface area contributed by atoms with Gasteiger partial charge in [0.2, 0.25) is 0 Å². The molecule has 0 bridgehead atoms. The fraction of sp³-hybridized carbons (Fsp3) is 0.333. The van der Waals surface area contributed by atoms with Crippen molar-refractivity contribution in [1.82, 2.24) is 10.3 Å². The van der Waals surface area contributed by atoms with E-state index in [2.05, 4.69) is 15.6 Å². The summed E-state index contributed by atoms with van der Waals surface area (Å²) in [4.78, 5) is 16.2. The highest BCUT2D eigenvalue weighted by molar-refractivity contribution is 7.91. The fourth-order valence-electron chi connectivity index (χ4n) is 2.44. The van der Waals surface area contributed by atoms with Crippen molar-refractivity contribution in [3.63, 3.8) is 0 Å². The van der Waals surface area contributed by atoms with Crippen molar-refractivity contribution >= 4 is 21.4 Å². The van der Waals surface area contributed by atoms with Crippen LogP contribution in [0.25, 0.3) is 0 Å². The minimum Gasteiger partial charge on any atom is -0.467 e. The minimum absolute atomic E-state index is 0.00258. The number of amides is 1. The Bertz CT molecular complexity index is 787. The Labute approximate surface area is 134 Å². The summed E-state index contributed by atoms with van der Waals surface area (Å²) in [5.41, 5.74) is 1.08. The van der Waals surface area contributed by atoms with Gasteiger partial charge in [0.25, 0.3) is 5.91 Å². The third-order valence-corrected chi connectivity index (χ3v) is 5.38. The molecule has 3 rings (SSSR count). The van der Waals surface area contributed by atoms with Gasteiger partial charge in [0.1, 0.15) is 5.76 Å². The maximum absolute atomic E-state index is 12.2. The molecule has 0 radical (unpaired) electrons. The van der Waals surface area contributed by atoms with Gasteiger partial charge in [-0.3, -0.25) is 9.78 Å². The smallest absolute Gasteiger partial charge is 0.253 e. The van der Waals surface area contributed by atoms with Crippen molar-refractivity contribution in [2.45, 2.75) is 19.0 Å². The van der Waals surface area contributed by atoms with E-state index in [-0.39, 0.29) is 23.5 Å². The standard InChI is InChI=1S/C15H17N3O4S/c19-15(18-12-3-5-23(20,21)10-12)11-6-13(8-16-7-11)17-9-14-2-1-4-22-14/h1-2,4,6-8,12,17H,3,5,9-10H2,(H,18,19). The Hall–Kier alpha value is -2.35.